The van der Waals surface area contributed by atoms with Crippen molar-refractivity contribution in [1.29, 1.82) is 0 Å². The third kappa shape index (κ3) is 1.62. The number of rotatable bonds is 2. The highest BCUT2D eigenvalue weighted by Crippen LogP contribution is 2.19. The fourth-order valence-electron chi connectivity index (χ4n) is 0.771. The van der Waals surface area contributed by atoms with E-state index in [1.807, 2.05) is 0 Å². The van der Waals surface area contributed by atoms with Gasteiger partial charge in [-0.3, -0.25) is 9.59 Å². The van der Waals surface area contributed by atoms with Gasteiger partial charge in [0.25, 0.3) is 0 Å². The largest absolute Gasteiger partial charge is 0.393 e. The number of ether oxygens (including phenoxy) is 1. The van der Waals surface area contributed by atoms with Crippen LogP contribution in [0.4, 0.5) is 0 Å². The van der Waals surface area contributed by atoms with Crippen LogP contribution in [0.3, 0.4) is 0 Å². The Labute approximate surface area is 68.5 Å². The summed E-state index contributed by atoms with van der Waals surface area (Å²) < 4.78 is 8.81. The molecule has 1 aliphatic heterocycles. The number of esters is 2. The summed E-state index contributed by atoms with van der Waals surface area (Å²) in [4.78, 5) is 21.2. The van der Waals surface area contributed by atoms with E-state index in [1.54, 1.807) is 0 Å². The van der Waals surface area contributed by atoms with Gasteiger partial charge in [-0.15, -0.1) is 20.7 Å². The zero-order valence-corrected chi connectivity index (χ0v) is 7.46. The lowest BCUT2D eigenvalue weighted by Crippen LogP contribution is -2.08. The summed E-state index contributed by atoms with van der Waals surface area (Å²) in [5, 5.41) is 0. The van der Waals surface area contributed by atoms with E-state index in [-0.39, 0.29) is 45.0 Å². The molecule has 0 aromatic carbocycles. The fourth-order valence-corrected chi connectivity index (χ4v) is 2.19. The summed E-state index contributed by atoms with van der Waals surface area (Å²) in [5.74, 6) is -0.904. The van der Waals surface area contributed by atoms with Gasteiger partial charge in [0.1, 0.15) is 0 Å². The Hall–Kier alpha value is -0.260. The third-order valence-corrected chi connectivity index (χ3v) is 2.94. The van der Waals surface area contributed by atoms with Crippen molar-refractivity contribution in [1.82, 2.24) is 0 Å². The number of carbonyl (C=O) groups excluding carboxylic acids is 2. The first-order valence-electron chi connectivity index (χ1n) is 2.81. The molecule has 0 aliphatic carbocycles. The quantitative estimate of drug-likeness (QED) is 0.311. The zero-order valence-electron chi connectivity index (χ0n) is 5.30. The molecule has 0 radical (unpaired) electrons. The van der Waals surface area contributed by atoms with Crippen LogP contribution in [0.5, 0.6) is 0 Å². The van der Waals surface area contributed by atoms with Crippen molar-refractivity contribution in [2.45, 2.75) is 6.42 Å². The topological polar surface area (TPSA) is 43.4 Å². The molecule has 0 aromatic rings. The summed E-state index contributed by atoms with van der Waals surface area (Å²) in [6.07, 6.45) is 0.272. The van der Waals surface area contributed by atoms with E-state index in [2.05, 4.69) is 9.25 Å². The number of alkyl halides is 1. The first-order valence-corrected chi connectivity index (χ1v) is 5.86. The Bertz CT molecular complexity index is 187. The summed E-state index contributed by atoms with van der Waals surface area (Å²) in [6.45, 7) is 0. The Kier molecular flexibility index (Phi) is 2.53. The normalized spacial score (nSPS) is 25.0. The second-order valence-electron chi connectivity index (χ2n) is 2.04. The van der Waals surface area contributed by atoms with Crippen molar-refractivity contribution in [3.8, 4) is 0 Å². The lowest BCUT2D eigenvalue weighted by molar-refractivity contribution is -0.152. The minimum Gasteiger partial charge on any atom is -0.393 e. The number of cyclic esters (lactones) is 2. The van der Waals surface area contributed by atoms with Crippen molar-refractivity contribution < 1.29 is 14.3 Å². The second kappa shape index (κ2) is 3.23. The Morgan fingerprint density at radius 3 is 2.80 bits per heavy atom. The van der Waals surface area contributed by atoms with Gasteiger partial charge in [-0.05, 0) is 0 Å². The first kappa shape index (κ1) is 7.84. The second-order valence-corrected chi connectivity index (χ2v) is 4.00. The van der Waals surface area contributed by atoms with Crippen LogP contribution in [0.2, 0.25) is 0 Å². The molecule has 0 spiro atoms. The van der Waals surface area contributed by atoms with E-state index < -0.39 is 0 Å². The molecule has 10 heavy (non-hydrogen) atoms. The van der Waals surface area contributed by atoms with Gasteiger partial charge >= 0.3 is 11.9 Å². The van der Waals surface area contributed by atoms with Crippen LogP contribution in [-0.2, 0) is 14.3 Å². The van der Waals surface area contributed by atoms with E-state index in [9.17, 15) is 9.59 Å². The predicted octanol–water partition coefficient (Wildman–Crippen LogP) is 0.479. The van der Waals surface area contributed by atoms with Gasteiger partial charge in [0.05, 0.1) is 12.3 Å². The van der Waals surface area contributed by atoms with E-state index in [1.165, 1.54) is 0 Å². The Morgan fingerprint density at radius 2 is 2.40 bits per heavy atom. The maximum Gasteiger partial charge on any atom is 0.317 e. The summed E-state index contributed by atoms with van der Waals surface area (Å²) in [6, 6.07) is 0. The molecule has 1 saturated heterocycles. The molecule has 3 nitrogen and oxygen atoms in total. The predicted molar refractivity (Wildman–Crippen MR) is 45.2 cm³/mol. The standard InChI is InChI=1S/C6H7IO3/c1-7-3-4-2-5(8)10-6(4)9/h4H,1-3H2. The van der Waals surface area contributed by atoms with E-state index in [4.69, 9.17) is 0 Å². The molecule has 0 amide bonds. The summed E-state index contributed by atoms with van der Waals surface area (Å²) in [7, 11) is 0. The average molecular weight is 254 g/mol. The molecule has 0 bridgehead atoms. The van der Waals surface area contributed by atoms with Crippen LogP contribution in [0.1, 0.15) is 6.42 Å². The Balaban J connectivity index is 2.54. The highest BCUT2D eigenvalue weighted by molar-refractivity contribution is 14.2. The van der Waals surface area contributed by atoms with Gasteiger partial charge in [-0.1, -0.05) is 4.51 Å². The highest BCUT2D eigenvalue weighted by atomic mass is 127. The molecule has 0 aromatic heterocycles. The van der Waals surface area contributed by atoms with Gasteiger partial charge in [0, 0.05) is 4.43 Å². The van der Waals surface area contributed by atoms with Crippen LogP contribution in [0.25, 0.3) is 0 Å². The van der Waals surface area contributed by atoms with Crippen molar-refractivity contribution in [2.75, 3.05) is 4.43 Å². The summed E-state index contributed by atoms with van der Waals surface area (Å²) in [5.41, 5.74) is 0. The maximum absolute atomic E-state index is 10.7. The molecule has 56 valence electrons. The molecule has 1 fully saturated rings. The number of carbonyl (C=O) groups is 2. The van der Waals surface area contributed by atoms with Crippen molar-refractivity contribution in [3.63, 3.8) is 0 Å². The van der Waals surface area contributed by atoms with Gasteiger partial charge in [0.15, 0.2) is 0 Å². The van der Waals surface area contributed by atoms with Gasteiger partial charge in [-0.2, -0.15) is 0 Å². The fraction of sp³-hybridized carbons (Fsp3) is 0.500. The van der Waals surface area contributed by atoms with Crippen LogP contribution in [-0.4, -0.2) is 20.9 Å². The van der Waals surface area contributed by atoms with Crippen molar-refractivity contribution >= 4 is 37.2 Å². The molecule has 1 atom stereocenters. The Morgan fingerprint density at radius 1 is 1.70 bits per heavy atom. The molecule has 0 saturated carbocycles. The number of hydrogen-bond acceptors (Lipinski definition) is 3. The smallest absolute Gasteiger partial charge is 0.317 e. The molecule has 0 N–H and O–H groups in total. The number of hydrogen-bond donors (Lipinski definition) is 0. The lowest BCUT2D eigenvalue weighted by Gasteiger charge is -1.94. The van der Waals surface area contributed by atoms with Crippen LogP contribution >= 0.6 is 20.7 Å². The zero-order chi connectivity index (χ0) is 7.56. The van der Waals surface area contributed by atoms with E-state index >= 15 is 0 Å². The van der Waals surface area contributed by atoms with Crippen LogP contribution < -0.4 is 0 Å². The van der Waals surface area contributed by atoms with Crippen molar-refractivity contribution in [2.24, 2.45) is 5.92 Å². The molecule has 1 unspecified atom stereocenters. The molecule has 1 aliphatic rings. The highest BCUT2D eigenvalue weighted by Gasteiger charge is 2.32. The minimum absolute atomic E-state index is 0.155. The van der Waals surface area contributed by atoms with Crippen LogP contribution in [0, 0.1) is 5.92 Å². The maximum atomic E-state index is 10.7. The monoisotopic (exact) mass is 254 g/mol. The van der Waals surface area contributed by atoms with Gasteiger partial charge in [0.2, 0.25) is 0 Å². The SMILES string of the molecule is C=ICC1CC(=O)OC1=O. The average Bonchev–Trinajstić information content (AvgIpc) is 2.13. The number of halogens is 1. The molecule has 1 heterocycles. The van der Waals surface area contributed by atoms with E-state index in [0.717, 1.165) is 4.43 Å². The minimum atomic E-state index is -0.382. The van der Waals surface area contributed by atoms with E-state index in [0.29, 0.717) is 0 Å². The summed E-state index contributed by atoms with van der Waals surface area (Å²) >= 11 is -0.155. The lowest BCUT2D eigenvalue weighted by atomic mass is 10.1. The first-order chi connectivity index (χ1) is 4.74. The molecular weight excluding hydrogens is 247 g/mol. The van der Waals surface area contributed by atoms with Gasteiger partial charge in [-0.25, -0.2) is 0 Å². The van der Waals surface area contributed by atoms with Crippen LogP contribution in [0.15, 0.2) is 0 Å². The van der Waals surface area contributed by atoms with Gasteiger partial charge < -0.3 is 4.74 Å². The molecular formula is C6H7IO3. The third-order valence-electron chi connectivity index (χ3n) is 1.26. The molecule has 4 heteroatoms. The molecule has 1 rings (SSSR count). The van der Waals surface area contributed by atoms with Crippen molar-refractivity contribution in [3.05, 3.63) is 0 Å².